The lowest BCUT2D eigenvalue weighted by atomic mass is 10.1. The molecule has 7 nitrogen and oxygen atoms in total. The molecule has 1 fully saturated rings. The Kier molecular flexibility index (Phi) is 5.87. The van der Waals surface area contributed by atoms with Crippen LogP contribution in [0.2, 0.25) is 10.0 Å². The molecule has 4 heterocycles. The highest BCUT2D eigenvalue weighted by Crippen LogP contribution is 2.34. The summed E-state index contributed by atoms with van der Waals surface area (Å²) in [6.45, 7) is 5.78. The van der Waals surface area contributed by atoms with Gasteiger partial charge >= 0.3 is 0 Å². The SMILES string of the molecule is CC(Oc1ccc2[nH]nc(-c3ccc(N4CCNCC4)nc3)c2c1)c1c(Cl)cncc1Cl. The number of rotatable bonds is 5. The molecule has 5 rings (SSSR count). The number of piperazine rings is 1. The Morgan fingerprint density at radius 2 is 1.81 bits per heavy atom. The van der Waals surface area contributed by atoms with Gasteiger partial charge in [-0.15, -0.1) is 0 Å². The van der Waals surface area contributed by atoms with Gasteiger partial charge in [-0.25, -0.2) is 4.98 Å². The van der Waals surface area contributed by atoms with Crippen molar-refractivity contribution < 1.29 is 4.74 Å². The molecule has 3 aromatic heterocycles. The number of hydrogen-bond acceptors (Lipinski definition) is 6. The highest BCUT2D eigenvalue weighted by molar-refractivity contribution is 6.35. The number of hydrogen-bond donors (Lipinski definition) is 2. The van der Waals surface area contributed by atoms with Crippen LogP contribution < -0.4 is 15.0 Å². The molecule has 4 aromatic rings. The number of nitrogens with one attached hydrogen (secondary N) is 2. The summed E-state index contributed by atoms with van der Waals surface area (Å²) in [6, 6.07) is 9.93. The molecule has 9 heteroatoms. The van der Waals surface area contributed by atoms with Crippen LogP contribution in [-0.2, 0) is 0 Å². The Morgan fingerprint density at radius 3 is 2.53 bits per heavy atom. The zero-order valence-electron chi connectivity index (χ0n) is 17.5. The number of aromatic amines is 1. The summed E-state index contributed by atoms with van der Waals surface area (Å²) in [5, 5.41) is 12.9. The Balaban J connectivity index is 1.41. The molecule has 0 radical (unpaired) electrons. The topological polar surface area (TPSA) is 79.0 Å². The molecule has 164 valence electrons. The van der Waals surface area contributed by atoms with E-state index >= 15 is 0 Å². The van der Waals surface area contributed by atoms with E-state index in [2.05, 4.69) is 42.5 Å². The van der Waals surface area contributed by atoms with Crippen LogP contribution in [0.15, 0.2) is 48.9 Å². The monoisotopic (exact) mass is 468 g/mol. The van der Waals surface area contributed by atoms with Crippen molar-refractivity contribution in [2.75, 3.05) is 31.1 Å². The number of H-pyrrole nitrogens is 1. The summed E-state index contributed by atoms with van der Waals surface area (Å²) in [6.07, 6.45) is 4.67. The molecule has 1 aliphatic rings. The third kappa shape index (κ3) is 4.11. The summed E-state index contributed by atoms with van der Waals surface area (Å²) < 4.78 is 6.16. The van der Waals surface area contributed by atoms with Crippen molar-refractivity contribution >= 4 is 39.9 Å². The molecule has 0 bridgehead atoms. The van der Waals surface area contributed by atoms with E-state index in [0.717, 1.165) is 54.2 Å². The Morgan fingerprint density at radius 1 is 1.03 bits per heavy atom. The number of pyridine rings is 2. The van der Waals surface area contributed by atoms with E-state index < -0.39 is 0 Å². The van der Waals surface area contributed by atoms with Crippen LogP contribution in [0.4, 0.5) is 5.82 Å². The van der Waals surface area contributed by atoms with Gasteiger partial charge in [0.1, 0.15) is 23.4 Å². The van der Waals surface area contributed by atoms with Gasteiger partial charge in [-0.2, -0.15) is 5.10 Å². The molecule has 0 amide bonds. The normalized spacial score (nSPS) is 15.2. The van der Waals surface area contributed by atoms with Crippen molar-refractivity contribution in [2.45, 2.75) is 13.0 Å². The van der Waals surface area contributed by atoms with Gasteiger partial charge in [0.15, 0.2) is 0 Å². The number of ether oxygens (including phenoxy) is 1. The molecule has 0 aliphatic carbocycles. The molecular weight excluding hydrogens is 447 g/mol. The molecule has 1 aromatic carbocycles. The van der Waals surface area contributed by atoms with Gasteiger partial charge in [0.2, 0.25) is 0 Å². The Bertz CT molecular complexity index is 1220. The lowest BCUT2D eigenvalue weighted by Gasteiger charge is -2.28. The van der Waals surface area contributed by atoms with Crippen LogP contribution in [0, 0.1) is 0 Å². The quantitative estimate of drug-likeness (QED) is 0.434. The van der Waals surface area contributed by atoms with Gasteiger partial charge in [-0.3, -0.25) is 10.1 Å². The lowest BCUT2D eigenvalue weighted by Crippen LogP contribution is -2.43. The number of halogens is 2. The van der Waals surface area contributed by atoms with Crippen LogP contribution in [0.5, 0.6) is 5.75 Å². The minimum Gasteiger partial charge on any atom is -0.486 e. The summed E-state index contributed by atoms with van der Waals surface area (Å²) in [4.78, 5) is 11.0. The fourth-order valence-electron chi connectivity index (χ4n) is 3.97. The number of fused-ring (bicyclic) bond motifs is 1. The first-order chi connectivity index (χ1) is 15.6. The zero-order valence-corrected chi connectivity index (χ0v) is 19.0. The largest absolute Gasteiger partial charge is 0.486 e. The highest BCUT2D eigenvalue weighted by Gasteiger charge is 2.18. The van der Waals surface area contributed by atoms with Crippen LogP contribution in [0.3, 0.4) is 0 Å². The van der Waals surface area contributed by atoms with Crippen LogP contribution in [-0.4, -0.2) is 46.3 Å². The fraction of sp³-hybridized carbons (Fsp3) is 0.261. The van der Waals surface area contributed by atoms with Gasteiger partial charge in [0.05, 0.1) is 15.6 Å². The van der Waals surface area contributed by atoms with E-state index in [4.69, 9.17) is 27.9 Å². The van der Waals surface area contributed by atoms with Gasteiger partial charge in [0, 0.05) is 61.3 Å². The van der Waals surface area contributed by atoms with Gasteiger partial charge < -0.3 is 15.0 Å². The minimum atomic E-state index is -0.342. The lowest BCUT2D eigenvalue weighted by molar-refractivity contribution is 0.227. The van der Waals surface area contributed by atoms with Crippen molar-refractivity contribution in [3.63, 3.8) is 0 Å². The third-order valence-electron chi connectivity index (χ3n) is 5.61. The average Bonchev–Trinajstić information content (AvgIpc) is 3.23. The van der Waals surface area contributed by atoms with Crippen molar-refractivity contribution in [1.82, 2.24) is 25.5 Å². The highest BCUT2D eigenvalue weighted by atomic mass is 35.5. The number of aromatic nitrogens is 4. The fourth-order valence-corrected chi connectivity index (χ4v) is 4.64. The molecule has 2 N–H and O–H groups in total. The standard InChI is InChI=1S/C23H22Cl2N6O/c1-14(22-18(24)12-27-13-19(22)25)32-16-3-4-20-17(10-16)23(30-29-20)15-2-5-21(28-11-15)31-8-6-26-7-9-31/h2-5,10-14,26H,6-9H2,1H3,(H,29,30). The second-order valence-corrected chi connectivity index (χ2v) is 8.51. The number of anilines is 1. The third-order valence-corrected chi connectivity index (χ3v) is 6.21. The Labute approximate surface area is 195 Å². The van der Waals surface area contributed by atoms with Crippen molar-refractivity contribution in [1.29, 1.82) is 0 Å². The van der Waals surface area contributed by atoms with Gasteiger partial charge in [-0.05, 0) is 37.3 Å². The van der Waals surface area contributed by atoms with E-state index in [1.807, 2.05) is 31.3 Å². The van der Waals surface area contributed by atoms with E-state index in [9.17, 15) is 0 Å². The first kappa shape index (κ1) is 21.0. The molecule has 1 aliphatic heterocycles. The zero-order chi connectivity index (χ0) is 22.1. The van der Waals surface area contributed by atoms with E-state index in [1.54, 1.807) is 12.4 Å². The van der Waals surface area contributed by atoms with Crippen LogP contribution >= 0.6 is 23.2 Å². The van der Waals surface area contributed by atoms with Crippen molar-refractivity contribution in [2.24, 2.45) is 0 Å². The van der Waals surface area contributed by atoms with Gasteiger partial charge in [-0.1, -0.05) is 23.2 Å². The van der Waals surface area contributed by atoms with Gasteiger partial charge in [0.25, 0.3) is 0 Å². The number of nitrogens with zero attached hydrogens (tertiary/aromatic N) is 4. The van der Waals surface area contributed by atoms with E-state index in [1.165, 1.54) is 0 Å². The first-order valence-corrected chi connectivity index (χ1v) is 11.2. The summed E-state index contributed by atoms with van der Waals surface area (Å²) in [5.74, 6) is 1.68. The van der Waals surface area contributed by atoms with Crippen molar-refractivity contribution in [3.05, 3.63) is 64.5 Å². The molecule has 1 unspecified atom stereocenters. The second-order valence-electron chi connectivity index (χ2n) is 7.70. The minimum absolute atomic E-state index is 0.342. The van der Waals surface area contributed by atoms with Crippen LogP contribution in [0.25, 0.3) is 22.2 Å². The average molecular weight is 469 g/mol. The molecule has 1 atom stereocenters. The molecule has 0 spiro atoms. The van der Waals surface area contributed by atoms with E-state index in [-0.39, 0.29) is 6.10 Å². The summed E-state index contributed by atoms with van der Waals surface area (Å²) >= 11 is 12.6. The molecule has 32 heavy (non-hydrogen) atoms. The van der Waals surface area contributed by atoms with Crippen molar-refractivity contribution in [3.8, 4) is 17.0 Å². The number of benzene rings is 1. The second kappa shape index (κ2) is 8.94. The Hall–Kier alpha value is -2.87. The molecule has 1 saturated heterocycles. The maximum absolute atomic E-state index is 6.29. The summed E-state index contributed by atoms with van der Waals surface area (Å²) in [7, 11) is 0. The van der Waals surface area contributed by atoms with E-state index in [0.29, 0.717) is 21.4 Å². The molecular formula is C23H22Cl2N6O. The van der Waals surface area contributed by atoms with Crippen LogP contribution in [0.1, 0.15) is 18.6 Å². The summed E-state index contributed by atoms with van der Waals surface area (Å²) in [5.41, 5.74) is 3.41. The predicted molar refractivity (Wildman–Crippen MR) is 128 cm³/mol. The first-order valence-electron chi connectivity index (χ1n) is 10.5. The maximum atomic E-state index is 6.29. The predicted octanol–water partition coefficient (Wildman–Crippen LogP) is 4.88. The smallest absolute Gasteiger partial charge is 0.128 e. The molecule has 0 saturated carbocycles. The maximum Gasteiger partial charge on any atom is 0.128 e.